The number of benzene rings is 2. The van der Waals surface area contributed by atoms with Gasteiger partial charge in [0.1, 0.15) is 5.60 Å². The van der Waals surface area contributed by atoms with Gasteiger partial charge in [-0.05, 0) is 57.9 Å². The number of fused-ring (bicyclic) bond motifs is 2. The lowest BCUT2D eigenvalue weighted by molar-refractivity contribution is -0.0439. The van der Waals surface area contributed by atoms with E-state index in [9.17, 15) is 9.59 Å². The molecule has 1 aromatic heterocycles. The van der Waals surface area contributed by atoms with Crippen molar-refractivity contribution in [3.05, 3.63) is 53.7 Å². The smallest absolute Gasteiger partial charge is 0.410 e. The van der Waals surface area contributed by atoms with Gasteiger partial charge in [-0.25, -0.2) is 4.79 Å². The van der Waals surface area contributed by atoms with Gasteiger partial charge < -0.3 is 28.7 Å². The second-order valence-corrected chi connectivity index (χ2v) is 11.7. The van der Waals surface area contributed by atoms with Crippen LogP contribution in [0.25, 0.3) is 10.9 Å². The molecule has 0 radical (unpaired) electrons. The monoisotopic (exact) mass is 548 g/mol. The molecule has 0 saturated carbocycles. The highest BCUT2D eigenvalue weighted by atomic mass is 16.7. The fourth-order valence-corrected chi connectivity index (χ4v) is 5.10. The largest absolute Gasteiger partial charge is 0.493 e. The maximum Gasteiger partial charge on any atom is 0.410 e. The summed E-state index contributed by atoms with van der Waals surface area (Å²) in [6.07, 6.45) is 1.21. The molecule has 2 aromatic carbocycles. The van der Waals surface area contributed by atoms with Crippen molar-refractivity contribution in [3.63, 3.8) is 0 Å². The molecule has 5 rings (SSSR count). The first-order valence-electron chi connectivity index (χ1n) is 13.5. The van der Waals surface area contributed by atoms with Crippen LogP contribution in [-0.2, 0) is 11.3 Å². The van der Waals surface area contributed by atoms with Gasteiger partial charge in [-0.3, -0.25) is 4.79 Å². The first-order valence-corrected chi connectivity index (χ1v) is 13.5. The summed E-state index contributed by atoms with van der Waals surface area (Å²) in [6.45, 7) is 10.2. The Morgan fingerprint density at radius 2 is 1.90 bits per heavy atom. The van der Waals surface area contributed by atoms with E-state index in [2.05, 4.69) is 10.2 Å². The highest BCUT2D eigenvalue weighted by Gasteiger charge is 2.37. The minimum absolute atomic E-state index is 0.206. The van der Waals surface area contributed by atoms with Crippen LogP contribution < -0.4 is 14.2 Å². The molecule has 1 unspecified atom stereocenters. The minimum atomic E-state index is -0.880. The lowest BCUT2D eigenvalue weighted by Crippen LogP contribution is -2.46. The van der Waals surface area contributed by atoms with Crippen LogP contribution in [0, 0.1) is 0 Å². The number of aromatic nitrogens is 2. The van der Waals surface area contributed by atoms with Gasteiger partial charge in [-0.2, -0.15) is 10.2 Å². The molecule has 10 heteroatoms. The molecule has 1 saturated heterocycles. The third-order valence-corrected chi connectivity index (χ3v) is 6.81. The molecule has 2 amide bonds. The SMILES string of the molecule is COc1cc(C(=O)N(Cc2cc3ccccc3nn2)CC2CCCN2C(=O)OC(C)(C)C)cc2c1OC(C)(C)O2. The van der Waals surface area contributed by atoms with Gasteiger partial charge >= 0.3 is 6.09 Å². The maximum absolute atomic E-state index is 14.1. The summed E-state index contributed by atoms with van der Waals surface area (Å²) >= 11 is 0. The van der Waals surface area contributed by atoms with Gasteiger partial charge in [0.05, 0.1) is 30.9 Å². The Bertz CT molecular complexity index is 1430. The van der Waals surface area contributed by atoms with E-state index in [1.54, 1.807) is 35.8 Å². The van der Waals surface area contributed by atoms with E-state index in [0.717, 1.165) is 23.7 Å². The Morgan fingerprint density at radius 1 is 1.12 bits per heavy atom. The quantitative estimate of drug-likeness (QED) is 0.415. The van der Waals surface area contributed by atoms with Crippen LogP contribution in [0.3, 0.4) is 0 Å². The zero-order valence-electron chi connectivity index (χ0n) is 23.9. The number of hydrogen-bond acceptors (Lipinski definition) is 8. The first kappa shape index (κ1) is 27.5. The van der Waals surface area contributed by atoms with Crippen LogP contribution in [0.4, 0.5) is 4.79 Å². The van der Waals surface area contributed by atoms with Crippen LogP contribution >= 0.6 is 0 Å². The van der Waals surface area contributed by atoms with E-state index in [1.165, 1.54) is 7.11 Å². The topological polar surface area (TPSA) is 103 Å². The average Bonchev–Trinajstić information content (AvgIpc) is 3.48. The van der Waals surface area contributed by atoms with E-state index in [1.807, 2.05) is 51.1 Å². The first-order chi connectivity index (χ1) is 18.9. The van der Waals surface area contributed by atoms with Gasteiger partial charge in [0.2, 0.25) is 11.5 Å². The molecular formula is C30H36N4O6. The summed E-state index contributed by atoms with van der Waals surface area (Å²) in [7, 11) is 1.53. The normalized spacial score (nSPS) is 17.6. The standard InChI is InChI=1S/C30H36N4O6/c1-29(2,3)40-28(36)34-13-9-11-22(34)18-33(17-21-14-19-10-7-8-12-23(19)32-31-21)27(35)20-15-24(37-6)26-25(16-20)38-30(4,5)39-26/h7-8,10,12,14-16,22H,9,11,13,17-18H2,1-6H3. The Hall–Kier alpha value is -4.08. The van der Waals surface area contributed by atoms with Crippen LogP contribution in [0.15, 0.2) is 42.5 Å². The van der Waals surface area contributed by atoms with Gasteiger partial charge in [-0.15, -0.1) is 0 Å². The van der Waals surface area contributed by atoms with Crippen molar-refractivity contribution in [2.24, 2.45) is 0 Å². The number of carbonyl (C=O) groups excluding carboxylic acids is 2. The molecule has 1 fully saturated rings. The summed E-state index contributed by atoms with van der Waals surface area (Å²) in [5.74, 6) is 0.181. The number of nitrogens with zero attached hydrogens (tertiary/aromatic N) is 4. The van der Waals surface area contributed by atoms with E-state index in [0.29, 0.717) is 41.6 Å². The Kier molecular flexibility index (Phi) is 7.20. The summed E-state index contributed by atoms with van der Waals surface area (Å²) in [5.41, 5.74) is 1.19. The average molecular weight is 549 g/mol. The predicted octanol–water partition coefficient (Wildman–Crippen LogP) is 5.19. The number of amides is 2. The highest BCUT2D eigenvalue weighted by molar-refractivity contribution is 5.96. The van der Waals surface area contributed by atoms with Crippen LogP contribution in [0.2, 0.25) is 0 Å². The van der Waals surface area contributed by atoms with Crippen molar-refractivity contribution < 1.29 is 28.5 Å². The molecule has 10 nitrogen and oxygen atoms in total. The molecule has 0 aliphatic carbocycles. The van der Waals surface area contributed by atoms with E-state index < -0.39 is 11.4 Å². The van der Waals surface area contributed by atoms with E-state index in [-0.39, 0.29) is 24.6 Å². The molecule has 0 N–H and O–H groups in total. The van der Waals surface area contributed by atoms with Crippen molar-refractivity contribution >= 4 is 22.9 Å². The molecule has 2 aliphatic rings. The van der Waals surface area contributed by atoms with Crippen molar-refractivity contribution in [2.75, 3.05) is 20.2 Å². The summed E-state index contributed by atoms with van der Waals surface area (Å²) < 4.78 is 23.0. The number of methoxy groups -OCH3 is 1. The molecule has 3 aromatic rings. The molecule has 3 heterocycles. The lowest BCUT2D eigenvalue weighted by atomic mass is 10.1. The minimum Gasteiger partial charge on any atom is -0.493 e. The fourth-order valence-electron chi connectivity index (χ4n) is 5.10. The summed E-state index contributed by atoms with van der Waals surface area (Å²) in [6, 6.07) is 12.8. The molecule has 40 heavy (non-hydrogen) atoms. The van der Waals surface area contributed by atoms with Crippen molar-refractivity contribution in [2.45, 2.75) is 71.4 Å². The second-order valence-electron chi connectivity index (χ2n) is 11.7. The van der Waals surface area contributed by atoms with Crippen molar-refractivity contribution in [1.82, 2.24) is 20.0 Å². The van der Waals surface area contributed by atoms with E-state index in [4.69, 9.17) is 18.9 Å². The van der Waals surface area contributed by atoms with Crippen molar-refractivity contribution in [1.29, 1.82) is 0 Å². The zero-order valence-corrected chi connectivity index (χ0v) is 23.9. The predicted molar refractivity (Wildman–Crippen MR) is 149 cm³/mol. The number of ether oxygens (including phenoxy) is 4. The number of likely N-dealkylation sites (tertiary alicyclic amines) is 1. The molecule has 2 aliphatic heterocycles. The lowest BCUT2D eigenvalue weighted by Gasteiger charge is -2.32. The molecule has 0 bridgehead atoms. The fraction of sp³-hybridized carbons (Fsp3) is 0.467. The molecule has 1 atom stereocenters. The molecular weight excluding hydrogens is 512 g/mol. The number of rotatable bonds is 6. The van der Waals surface area contributed by atoms with Crippen LogP contribution in [-0.4, -0.2) is 69.6 Å². The molecule has 212 valence electrons. The van der Waals surface area contributed by atoms with Gasteiger partial charge in [0.15, 0.2) is 11.5 Å². The third-order valence-electron chi connectivity index (χ3n) is 6.81. The highest BCUT2D eigenvalue weighted by Crippen LogP contribution is 2.47. The Morgan fingerprint density at radius 3 is 2.65 bits per heavy atom. The number of hydrogen-bond donors (Lipinski definition) is 0. The summed E-state index contributed by atoms with van der Waals surface area (Å²) in [5, 5.41) is 9.67. The van der Waals surface area contributed by atoms with Crippen LogP contribution in [0.1, 0.15) is 63.5 Å². The number of carbonyl (C=O) groups is 2. The van der Waals surface area contributed by atoms with Gasteiger partial charge in [-0.1, -0.05) is 18.2 Å². The molecule has 0 spiro atoms. The summed E-state index contributed by atoms with van der Waals surface area (Å²) in [4.78, 5) is 30.6. The second kappa shape index (κ2) is 10.5. The van der Waals surface area contributed by atoms with Gasteiger partial charge in [0, 0.05) is 37.9 Å². The Labute approximate surface area is 234 Å². The maximum atomic E-state index is 14.1. The third kappa shape index (κ3) is 5.90. The van der Waals surface area contributed by atoms with Crippen LogP contribution in [0.5, 0.6) is 17.2 Å². The van der Waals surface area contributed by atoms with E-state index >= 15 is 0 Å². The zero-order chi connectivity index (χ0) is 28.7. The van der Waals surface area contributed by atoms with Crippen molar-refractivity contribution in [3.8, 4) is 17.2 Å². The van der Waals surface area contributed by atoms with Gasteiger partial charge in [0.25, 0.3) is 5.91 Å². The Balaban J connectivity index is 1.47.